The number of nitrogens with two attached hydrogens (primary N) is 1. The topological polar surface area (TPSA) is 113 Å². The zero-order chi connectivity index (χ0) is 27.4. The molecule has 1 aliphatic rings. The van der Waals surface area contributed by atoms with E-state index < -0.39 is 29.8 Å². The Morgan fingerprint density at radius 1 is 1.08 bits per heavy atom. The van der Waals surface area contributed by atoms with Crippen LogP contribution in [0.5, 0.6) is 0 Å². The number of nitrogens with one attached hydrogen (secondary N) is 1. The lowest BCUT2D eigenvalue weighted by Crippen LogP contribution is -2.53. The molecule has 0 saturated carbocycles. The fourth-order valence-electron chi connectivity index (χ4n) is 5.12. The van der Waals surface area contributed by atoms with Crippen LogP contribution < -0.4 is 11.1 Å². The third-order valence-electron chi connectivity index (χ3n) is 7.00. The Balaban J connectivity index is 1.75. The summed E-state index contributed by atoms with van der Waals surface area (Å²) < 4.78 is 0. The van der Waals surface area contributed by atoms with Gasteiger partial charge in [-0.05, 0) is 47.4 Å². The maximum absolute atomic E-state index is 14.2. The second kappa shape index (κ2) is 11.6. The van der Waals surface area contributed by atoms with Crippen LogP contribution in [-0.2, 0) is 25.6 Å². The number of hydrogen-bond acceptors (Lipinski definition) is 4. The van der Waals surface area contributed by atoms with E-state index in [4.69, 9.17) is 17.3 Å². The van der Waals surface area contributed by atoms with E-state index in [0.29, 0.717) is 17.0 Å². The van der Waals surface area contributed by atoms with Crippen molar-refractivity contribution in [2.75, 3.05) is 13.1 Å². The summed E-state index contributed by atoms with van der Waals surface area (Å²) in [6, 6.07) is 18.1. The first-order valence-corrected chi connectivity index (χ1v) is 12.9. The minimum absolute atomic E-state index is 0.235. The number of hydrogen-bond donors (Lipinski definition) is 2. The van der Waals surface area contributed by atoms with Crippen LogP contribution in [0, 0.1) is 0 Å². The van der Waals surface area contributed by atoms with Gasteiger partial charge in [0, 0.05) is 31.0 Å². The number of amides is 4. The molecule has 3 aromatic rings. The van der Waals surface area contributed by atoms with Crippen molar-refractivity contribution in [1.82, 2.24) is 15.1 Å². The van der Waals surface area contributed by atoms with Crippen molar-refractivity contribution in [1.29, 1.82) is 0 Å². The maximum Gasteiger partial charge on any atom is 0.250 e. The van der Waals surface area contributed by atoms with Crippen molar-refractivity contribution < 1.29 is 19.2 Å². The highest BCUT2D eigenvalue weighted by Gasteiger charge is 2.43. The van der Waals surface area contributed by atoms with Crippen LogP contribution >= 0.6 is 11.6 Å². The summed E-state index contributed by atoms with van der Waals surface area (Å²) >= 11 is 6.27. The molecule has 1 heterocycles. The molecule has 4 rings (SSSR count). The Kier molecular flexibility index (Phi) is 8.32. The molecule has 3 aromatic carbocycles. The van der Waals surface area contributed by atoms with Crippen molar-refractivity contribution in [3.8, 4) is 0 Å². The average Bonchev–Trinajstić information content (AvgIpc) is 3.01. The first kappa shape index (κ1) is 27.1. The molecule has 0 bridgehead atoms. The molecule has 8 nitrogen and oxygen atoms in total. The molecule has 4 amide bonds. The Morgan fingerprint density at radius 3 is 2.50 bits per heavy atom. The Morgan fingerprint density at radius 2 is 1.79 bits per heavy atom. The summed E-state index contributed by atoms with van der Waals surface area (Å²) in [5.41, 5.74) is 7.33. The lowest BCUT2D eigenvalue weighted by Gasteiger charge is -2.36. The highest BCUT2D eigenvalue weighted by molar-refractivity contribution is 6.30. The Bertz CT molecular complexity index is 1370. The Labute approximate surface area is 226 Å². The third-order valence-corrected chi connectivity index (χ3v) is 7.23. The largest absolute Gasteiger partial charge is 0.368 e. The SMILES string of the molecule is CC(=O)NCC(=O)N1[C@H](C)CCN(C(Cc2cccc3ccccc23)C(N)=O)C(=O)[C@@H]1c1cccc(Cl)c1. The minimum atomic E-state index is -1.04. The average molecular weight is 535 g/mol. The summed E-state index contributed by atoms with van der Waals surface area (Å²) in [6.07, 6.45) is 0.660. The summed E-state index contributed by atoms with van der Waals surface area (Å²) in [5.74, 6) is -1.80. The van der Waals surface area contributed by atoms with Crippen LogP contribution in [-0.4, -0.2) is 58.6 Å². The smallest absolute Gasteiger partial charge is 0.250 e. The number of nitrogens with zero attached hydrogens (tertiary/aromatic N) is 2. The zero-order valence-electron chi connectivity index (χ0n) is 21.4. The van der Waals surface area contributed by atoms with Crippen LogP contribution in [0.1, 0.15) is 37.4 Å². The molecule has 38 heavy (non-hydrogen) atoms. The van der Waals surface area contributed by atoms with E-state index in [1.165, 1.54) is 16.7 Å². The molecule has 0 aromatic heterocycles. The van der Waals surface area contributed by atoms with E-state index in [9.17, 15) is 19.2 Å². The molecular weight excluding hydrogens is 504 g/mol. The van der Waals surface area contributed by atoms with Crippen LogP contribution in [0.25, 0.3) is 10.8 Å². The molecule has 0 spiro atoms. The van der Waals surface area contributed by atoms with Crippen molar-refractivity contribution in [2.24, 2.45) is 5.73 Å². The minimum Gasteiger partial charge on any atom is -0.368 e. The van der Waals surface area contributed by atoms with Crippen molar-refractivity contribution in [3.05, 3.63) is 82.9 Å². The van der Waals surface area contributed by atoms with Gasteiger partial charge in [0.2, 0.25) is 17.7 Å². The van der Waals surface area contributed by atoms with Gasteiger partial charge in [-0.3, -0.25) is 19.2 Å². The van der Waals surface area contributed by atoms with Gasteiger partial charge in [-0.25, -0.2) is 0 Å². The van der Waals surface area contributed by atoms with E-state index in [0.717, 1.165) is 16.3 Å². The predicted octanol–water partition coefficient (Wildman–Crippen LogP) is 3.22. The van der Waals surface area contributed by atoms with E-state index in [2.05, 4.69) is 5.32 Å². The summed E-state index contributed by atoms with van der Waals surface area (Å²) in [4.78, 5) is 54.9. The van der Waals surface area contributed by atoms with Gasteiger partial charge < -0.3 is 20.9 Å². The van der Waals surface area contributed by atoms with E-state index in [-0.39, 0.29) is 31.5 Å². The van der Waals surface area contributed by atoms with Crippen molar-refractivity contribution in [2.45, 2.75) is 44.8 Å². The van der Waals surface area contributed by atoms with Gasteiger partial charge in [0.25, 0.3) is 5.91 Å². The van der Waals surface area contributed by atoms with Crippen LogP contribution in [0.2, 0.25) is 5.02 Å². The molecule has 198 valence electrons. The molecule has 9 heteroatoms. The van der Waals surface area contributed by atoms with Crippen molar-refractivity contribution >= 4 is 46.0 Å². The van der Waals surface area contributed by atoms with Crippen LogP contribution in [0.15, 0.2) is 66.7 Å². The van der Waals surface area contributed by atoms with Crippen molar-refractivity contribution in [3.63, 3.8) is 0 Å². The molecule has 1 saturated heterocycles. The van der Waals surface area contributed by atoms with Gasteiger partial charge in [-0.15, -0.1) is 0 Å². The number of benzene rings is 3. The first-order chi connectivity index (χ1) is 18.2. The zero-order valence-corrected chi connectivity index (χ0v) is 22.1. The monoisotopic (exact) mass is 534 g/mol. The number of carbonyl (C=O) groups is 4. The summed E-state index contributed by atoms with van der Waals surface area (Å²) in [6.45, 7) is 3.16. The van der Waals surface area contributed by atoms with Gasteiger partial charge in [0.05, 0.1) is 6.54 Å². The van der Waals surface area contributed by atoms with Crippen LogP contribution in [0.4, 0.5) is 0 Å². The molecule has 1 aliphatic heterocycles. The van der Waals surface area contributed by atoms with Crippen LogP contribution in [0.3, 0.4) is 0 Å². The molecule has 3 N–H and O–H groups in total. The third kappa shape index (κ3) is 5.81. The summed E-state index contributed by atoms with van der Waals surface area (Å²) in [5, 5.41) is 4.95. The normalized spacial score (nSPS) is 18.7. The fourth-order valence-corrected chi connectivity index (χ4v) is 5.32. The quantitative estimate of drug-likeness (QED) is 0.484. The second-order valence-electron chi connectivity index (χ2n) is 9.60. The van der Waals surface area contributed by atoms with E-state index in [1.54, 1.807) is 24.3 Å². The van der Waals surface area contributed by atoms with Gasteiger partial charge >= 0.3 is 0 Å². The number of rotatable bonds is 7. The molecule has 1 fully saturated rings. The number of halogens is 1. The number of fused-ring (bicyclic) bond motifs is 1. The molecule has 3 atom stereocenters. The molecule has 1 unspecified atom stereocenters. The van der Waals surface area contributed by atoms with Gasteiger partial charge in [-0.1, -0.05) is 66.2 Å². The molecular formula is C29H31ClN4O4. The van der Waals surface area contributed by atoms with Gasteiger partial charge in [-0.2, -0.15) is 0 Å². The van der Waals surface area contributed by atoms with E-state index >= 15 is 0 Å². The predicted molar refractivity (Wildman–Crippen MR) is 146 cm³/mol. The first-order valence-electron chi connectivity index (χ1n) is 12.5. The standard InChI is InChI=1S/C29H31ClN4O4/c1-18-13-14-33(25(28(31)37)16-21-9-5-8-20-7-3-4-12-24(20)21)29(38)27(22-10-6-11-23(30)15-22)34(18)26(36)17-32-19(2)35/h3-12,15,18,25,27H,13-14,16-17H2,1-2H3,(H2,31,37)(H,32,35)/t18-,25?,27+/m1/s1. The molecule has 0 aliphatic carbocycles. The fraction of sp³-hybridized carbons (Fsp3) is 0.310. The van der Waals surface area contributed by atoms with Gasteiger partial charge in [0.15, 0.2) is 0 Å². The highest BCUT2D eigenvalue weighted by Crippen LogP contribution is 2.33. The number of carbonyl (C=O) groups excluding carboxylic acids is 4. The maximum atomic E-state index is 14.2. The Hall–Kier alpha value is -3.91. The van der Waals surface area contributed by atoms with E-state index in [1.807, 2.05) is 49.4 Å². The second-order valence-corrected chi connectivity index (χ2v) is 10.0. The highest BCUT2D eigenvalue weighted by atomic mass is 35.5. The summed E-state index contributed by atoms with van der Waals surface area (Å²) in [7, 11) is 0. The number of primary amides is 1. The molecule has 0 radical (unpaired) electrons. The lowest BCUT2D eigenvalue weighted by molar-refractivity contribution is -0.148. The lowest BCUT2D eigenvalue weighted by atomic mass is 9.96. The van der Waals surface area contributed by atoms with Gasteiger partial charge in [0.1, 0.15) is 12.1 Å².